The highest BCUT2D eigenvalue weighted by atomic mass is 35.5. The summed E-state index contributed by atoms with van der Waals surface area (Å²) in [6.07, 6.45) is -4.64. The van der Waals surface area contributed by atoms with Crippen molar-refractivity contribution in [3.05, 3.63) is 29.0 Å². The topological polar surface area (TPSA) is 64.9 Å². The molecule has 1 aromatic heterocycles. The van der Waals surface area contributed by atoms with Gasteiger partial charge in [0, 0.05) is 5.56 Å². The molecule has 0 fully saturated rings. The number of nitrogen functional groups attached to an aromatic ring is 1. The molecule has 2 aromatic rings. The van der Waals surface area contributed by atoms with Crippen molar-refractivity contribution >= 4 is 17.3 Å². The smallest absolute Gasteiger partial charge is 0.398 e. The molecule has 1 aromatic carbocycles. The maximum atomic E-state index is 12.2. The van der Waals surface area contributed by atoms with E-state index in [9.17, 15) is 13.2 Å². The summed E-state index contributed by atoms with van der Waals surface area (Å²) in [6, 6.07) is 4.23. The van der Waals surface area contributed by atoms with Crippen molar-refractivity contribution < 1.29 is 17.7 Å². The number of halogens is 4. The van der Waals surface area contributed by atoms with Gasteiger partial charge in [-0.1, -0.05) is 16.8 Å². The lowest BCUT2D eigenvalue weighted by Crippen LogP contribution is -2.07. The average Bonchev–Trinajstić information content (AvgIpc) is 2.70. The van der Waals surface area contributed by atoms with E-state index in [1.54, 1.807) is 0 Å². The van der Waals surface area contributed by atoms with Gasteiger partial charge in [0.05, 0.1) is 10.7 Å². The van der Waals surface area contributed by atoms with Gasteiger partial charge in [0.15, 0.2) is 0 Å². The number of alkyl halides is 3. The van der Waals surface area contributed by atoms with Crippen LogP contribution in [0.15, 0.2) is 22.7 Å². The van der Waals surface area contributed by atoms with Crippen molar-refractivity contribution in [3.8, 4) is 11.5 Å². The number of anilines is 1. The third kappa shape index (κ3) is 2.33. The van der Waals surface area contributed by atoms with Crippen LogP contribution in [-0.4, -0.2) is 10.1 Å². The summed E-state index contributed by atoms with van der Waals surface area (Å²) in [4.78, 5) is 3.22. The largest absolute Gasteiger partial charge is 0.455 e. The van der Waals surface area contributed by atoms with Gasteiger partial charge in [0.2, 0.25) is 0 Å². The molecule has 1 heterocycles. The fraction of sp³-hybridized carbons (Fsp3) is 0.111. The Morgan fingerprint density at radius 1 is 1.29 bits per heavy atom. The number of benzene rings is 1. The third-order valence-corrected chi connectivity index (χ3v) is 2.25. The maximum Gasteiger partial charge on any atom is 0.455 e. The quantitative estimate of drug-likeness (QED) is 0.803. The molecule has 0 aliphatic carbocycles. The predicted octanol–water partition coefficient (Wildman–Crippen LogP) is 2.99. The second kappa shape index (κ2) is 3.92. The Morgan fingerprint density at radius 2 is 2.00 bits per heavy atom. The molecule has 0 amide bonds. The molecule has 90 valence electrons. The Kier molecular flexibility index (Phi) is 2.70. The summed E-state index contributed by atoms with van der Waals surface area (Å²) in [5.41, 5.74) is 6.04. The minimum atomic E-state index is -4.64. The van der Waals surface area contributed by atoms with Gasteiger partial charge in [-0.05, 0) is 18.2 Å². The van der Waals surface area contributed by atoms with Gasteiger partial charge in [-0.25, -0.2) is 0 Å². The van der Waals surface area contributed by atoms with E-state index in [0.717, 1.165) is 0 Å². The summed E-state index contributed by atoms with van der Waals surface area (Å²) >= 11 is 5.72. The number of aromatic nitrogens is 2. The van der Waals surface area contributed by atoms with Crippen molar-refractivity contribution in [2.45, 2.75) is 6.18 Å². The van der Waals surface area contributed by atoms with Crippen LogP contribution >= 0.6 is 11.6 Å². The van der Waals surface area contributed by atoms with Gasteiger partial charge in [-0.3, -0.25) is 0 Å². The molecule has 0 bridgehead atoms. The van der Waals surface area contributed by atoms with E-state index in [0.29, 0.717) is 5.69 Å². The van der Waals surface area contributed by atoms with Crippen LogP contribution in [0.1, 0.15) is 5.82 Å². The molecular weight excluding hydrogens is 259 g/mol. The van der Waals surface area contributed by atoms with Gasteiger partial charge in [-0.15, -0.1) is 0 Å². The first-order chi connectivity index (χ1) is 7.88. The molecular formula is C9H5ClF3N3O. The first kappa shape index (κ1) is 11.7. The minimum Gasteiger partial charge on any atom is -0.398 e. The zero-order chi connectivity index (χ0) is 12.6. The van der Waals surface area contributed by atoms with Gasteiger partial charge in [-0.2, -0.15) is 18.2 Å². The molecule has 0 aliphatic heterocycles. The molecule has 2 N–H and O–H groups in total. The molecule has 17 heavy (non-hydrogen) atoms. The van der Waals surface area contributed by atoms with Crippen LogP contribution in [0, 0.1) is 0 Å². The summed E-state index contributed by atoms with van der Waals surface area (Å²) in [5, 5.41) is 3.03. The summed E-state index contributed by atoms with van der Waals surface area (Å²) < 4.78 is 41.2. The normalized spacial score (nSPS) is 11.8. The molecule has 4 nitrogen and oxygen atoms in total. The second-order valence-electron chi connectivity index (χ2n) is 3.16. The zero-order valence-electron chi connectivity index (χ0n) is 8.12. The van der Waals surface area contributed by atoms with Crippen LogP contribution in [0.4, 0.5) is 18.9 Å². The van der Waals surface area contributed by atoms with Crippen molar-refractivity contribution in [1.82, 2.24) is 10.1 Å². The maximum absolute atomic E-state index is 12.2. The first-order valence-electron chi connectivity index (χ1n) is 4.34. The van der Waals surface area contributed by atoms with Gasteiger partial charge >= 0.3 is 6.18 Å². The Labute approximate surface area is 98.2 Å². The van der Waals surface area contributed by atoms with Crippen molar-refractivity contribution in [2.24, 2.45) is 0 Å². The van der Waals surface area contributed by atoms with Gasteiger partial charge in [0.25, 0.3) is 11.7 Å². The fourth-order valence-electron chi connectivity index (χ4n) is 1.12. The molecule has 0 atom stereocenters. The van der Waals surface area contributed by atoms with Crippen molar-refractivity contribution in [1.29, 1.82) is 0 Å². The van der Waals surface area contributed by atoms with Crippen molar-refractivity contribution in [3.63, 3.8) is 0 Å². The monoisotopic (exact) mass is 263 g/mol. The lowest BCUT2D eigenvalue weighted by atomic mass is 10.2. The highest BCUT2D eigenvalue weighted by Gasteiger charge is 2.37. The second-order valence-corrected chi connectivity index (χ2v) is 3.56. The summed E-state index contributed by atoms with van der Waals surface area (Å²) in [5.74, 6) is -1.60. The molecule has 0 saturated heterocycles. The van der Waals surface area contributed by atoms with Gasteiger partial charge in [0.1, 0.15) is 0 Å². The number of hydrogen-bond donors (Lipinski definition) is 1. The Morgan fingerprint density at radius 3 is 2.53 bits per heavy atom. The first-order valence-corrected chi connectivity index (χ1v) is 4.72. The Hall–Kier alpha value is -1.76. The van der Waals surface area contributed by atoms with E-state index in [-0.39, 0.29) is 16.5 Å². The molecule has 0 aliphatic rings. The van der Waals surface area contributed by atoms with Crippen LogP contribution in [-0.2, 0) is 6.18 Å². The van der Waals surface area contributed by atoms with E-state index in [2.05, 4.69) is 14.7 Å². The van der Waals surface area contributed by atoms with Crippen LogP contribution in [0.3, 0.4) is 0 Å². The predicted molar refractivity (Wildman–Crippen MR) is 54.2 cm³/mol. The van der Waals surface area contributed by atoms with E-state index in [1.807, 2.05) is 0 Å². The van der Waals surface area contributed by atoms with Crippen molar-refractivity contribution in [2.75, 3.05) is 5.73 Å². The number of nitrogens with two attached hydrogens (primary N) is 1. The lowest BCUT2D eigenvalue weighted by molar-refractivity contribution is -0.146. The van der Waals surface area contributed by atoms with Crippen LogP contribution in [0.5, 0.6) is 0 Å². The molecule has 8 heteroatoms. The number of hydrogen-bond acceptors (Lipinski definition) is 4. The standard InChI is InChI=1S/C9H5ClF3N3O/c10-5-3-4(1-2-6(5)14)7-15-8(16-17-7)9(11,12)13/h1-3H,14H2. The van der Waals surface area contributed by atoms with E-state index >= 15 is 0 Å². The number of nitrogens with zero attached hydrogens (tertiary/aromatic N) is 2. The molecule has 0 unspecified atom stereocenters. The zero-order valence-corrected chi connectivity index (χ0v) is 8.88. The SMILES string of the molecule is Nc1ccc(-c2nc(C(F)(F)F)no2)cc1Cl. The molecule has 0 saturated carbocycles. The molecule has 2 rings (SSSR count). The van der Waals surface area contributed by atoms with E-state index < -0.39 is 12.0 Å². The Balaban J connectivity index is 2.40. The highest BCUT2D eigenvalue weighted by Crippen LogP contribution is 2.30. The lowest BCUT2D eigenvalue weighted by Gasteiger charge is -1.99. The van der Waals surface area contributed by atoms with Crippen LogP contribution in [0.25, 0.3) is 11.5 Å². The Bertz CT molecular complexity index is 553. The minimum absolute atomic E-state index is 0.203. The fourth-order valence-corrected chi connectivity index (χ4v) is 1.30. The average molecular weight is 264 g/mol. The summed E-state index contributed by atoms with van der Waals surface area (Å²) in [7, 11) is 0. The van der Waals surface area contributed by atoms with E-state index in [1.165, 1.54) is 18.2 Å². The summed E-state index contributed by atoms with van der Waals surface area (Å²) in [6.45, 7) is 0. The molecule has 0 radical (unpaired) electrons. The third-order valence-electron chi connectivity index (χ3n) is 1.93. The van der Waals surface area contributed by atoms with Gasteiger partial charge < -0.3 is 10.3 Å². The number of rotatable bonds is 1. The van der Waals surface area contributed by atoms with E-state index in [4.69, 9.17) is 17.3 Å². The van der Waals surface area contributed by atoms with Crippen LogP contribution in [0.2, 0.25) is 5.02 Å². The molecule has 0 spiro atoms. The highest BCUT2D eigenvalue weighted by molar-refractivity contribution is 6.33. The van der Waals surface area contributed by atoms with Crippen LogP contribution < -0.4 is 5.73 Å².